The molecule has 98 valence electrons. The standard InChI is InChI=1S/C13H15ClFNO2/c14-11-6-2-1-4-9(11)8-10-5-3-7-12(13(10)15)16(17)18/h3,5,7,9,11H,1-2,4,6,8H2. The summed E-state index contributed by atoms with van der Waals surface area (Å²) >= 11 is 6.23. The molecule has 3 nitrogen and oxygen atoms in total. The van der Waals surface area contributed by atoms with Crippen LogP contribution in [-0.4, -0.2) is 10.3 Å². The number of hydrogen-bond acceptors (Lipinski definition) is 2. The highest BCUT2D eigenvalue weighted by molar-refractivity contribution is 6.20. The molecule has 0 aromatic heterocycles. The molecule has 1 aromatic carbocycles. The van der Waals surface area contributed by atoms with Crippen molar-refractivity contribution in [2.24, 2.45) is 5.92 Å². The molecule has 1 saturated carbocycles. The quantitative estimate of drug-likeness (QED) is 0.472. The monoisotopic (exact) mass is 271 g/mol. The SMILES string of the molecule is O=[N+]([O-])c1cccc(CC2CCCCC2Cl)c1F. The molecule has 18 heavy (non-hydrogen) atoms. The summed E-state index contributed by atoms with van der Waals surface area (Å²) < 4.78 is 13.9. The van der Waals surface area contributed by atoms with Gasteiger partial charge in [0.05, 0.1) is 4.92 Å². The Morgan fingerprint density at radius 3 is 2.78 bits per heavy atom. The van der Waals surface area contributed by atoms with Crippen molar-refractivity contribution in [3.05, 3.63) is 39.7 Å². The molecule has 0 heterocycles. The van der Waals surface area contributed by atoms with Gasteiger partial charge in [0, 0.05) is 11.4 Å². The molecule has 0 bridgehead atoms. The number of alkyl halides is 1. The largest absolute Gasteiger partial charge is 0.305 e. The van der Waals surface area contributed by atoms with Gasteiger partial charge in [0.15, 0.2) is 0 Å². The van der Waals surface area contributed by atoms with E-state index >= 15 is 0 Å². The van der Waals surface area contributed by atoms with Gasteiger partial charge in [0.25, 0.3) is 0 Å². The first-order valence-electron chi connectivity index (χ1n) is 6.15. The van der Waals surface area contributed by atoms with E-state index in [1.165, 1.54) is 12.1 Å². The molecule has 0 aliphatic heterocycles. The van der Waals surface area contributed by atoms with Gasteiger partial charge in [-0.25, -0.2) is 0 Å². The Morgan fingerprint density at radius 1 is 1.39 bits per heavy atom. The van der Waals surface area contributed by atoms with E-state index in [4.69, 9.17) is 11.6 Å². The van der Waals surface area contributed by atoms with E-state index in [2.05, 4.69) is 0 Å². The highest BCUT2D eigenvalue weighted by Gasteiger charge is 2.26. The summed E-state index contributed by atoms with van der Waals surface area (Å²) in [4.78, 5) is 9.99. The first-order chi connectivity index (χ1) is 8.59. The van der Waals surface area contributed by atoms with Crippen molar-refractivity contribution in [2.45, 2.75) is 37.5 Å². The van der Waals surface area contributed by atoms with E-state index in [0.717, 1.165) is 25.7 Å². The lowest BCUT2D eigenvalue weighted by atomic mass is 9.84. The van der Waals surface area contributed by atoms with Crippen molar-refractivity contribution in [1.82, 2.24) is 0 Å². The van der Waals surface area contributed by atoms with E-state index < -0.39 is 16.4 Å². The molecule has 0 amide bonds. The highest BCUT2D eigenvalue weighted by atomic mass is 35.5. The van der Waals surface area contributed by atoms with E-state index in [-0.39, 0.29) is 11.3 Å². The van der Waals surface area contributed by atoms with E-state index in [9.17, 15) is 14.5 Å². The van der Waals surface area contributed by atoms with Crippen LogP contribution in [0, 0.1) is 21.8 Å². The molecule has 1 aliphatic carbocycles. The summed E-state index contributed by atoms with van der Waals surface area (Å²) in [5.41, 5.74) is -0.0452. The predicted molar refractivity (Wildman–Crippen MR) is 68.4 cm³/mol. The Morgan fingerprint density at radius 2 is 2.11 bits per heavy atom. The van der Waals surface area contributed by atoms with Crippen LogP contribution in [0.2, 0.25) is 0 Å². The second-order valence-corrected chi connectivity index (χ2v) is 5.33. The van der Waals surface area contributed by atoms with Crippen molar-refractivity contribution in [3.8, 4) is 0 Å². The third kappa shape index (κ3) is 2.80. The lowest BCUT2D eigenvalue weighted by molar-refractivity contribution is -0.387. The first-order valence-corrected chi connectivity index (χ1v) is 6.59. The van der Waals surface area contributed by atoms with Gasteiger partial charge in [-0.2, -0.15) is 4.39 Å². The van der Waals surface area contributed by atoms with Gasteiger partial charge in [0.1, 0.15) is 0 Å². The Kier molecular flexibility index (Phi) is 4.17. The Hall–Kier alpha value is -1.16. The van der Waals surface area contributed by atoms with E-state index in [1.807, 2.05) is 0 Å². The van der Waals surface area contributed by atoms with Crippen LogP contribution in [-0.2, 0) is 6.42 Å². The van der Waals surface area contributed by atoms with Crippen molar-refractivity contribution in [1.29, 1.82) is 0 Å². The second kappa shape index (κ2) is 5.65. The van der Waals surface area contributed by atoms with Gasteiger partial charge < -0.3 is 0 Å². The summed E-state index contributed by atoms with van der Waals surface area (Å²) in [5, 5.41) is 10.7. The van der Waals surface area contributed by atoms with Crippen LogP contribution >= 0.6 is 11.6 Å². The first kappa shape index (κ1) is 13.3. The summed E-state index contributed by atoms with van der Waals surface area (Å²) in [7, 11) is 0. The zero-order valence-electron chi connectivity index (χ0n) is 9.94. The molecular formula is C13H15ClFNO2. The molecule has 0 radical (unpaired) electrons. The summed E-state index contributed by atoms with van der Waals surface area (Å²) in [6.07, 6.45) is 4.62. The van der Waals surface area contributed by atoms with Gasteiger partial charge in [-0.1, -0.05) is 25.0 Å². The lowest BCUT2D eigenvalue weighted by Crippen LogP contribution is -2.22. The number of benzene rings is 1. The smallest absolute Gasteiger partial charge is 0.258 e. The average Bonchev–Trinajstić information content (AvgIpc) is 2.34. The van der Waals surface area contributed by atoms with Gasteiger partial charge in [-0.15, -0.1) is 11.6 Å². The second-order valence-electron chi connectivity index (χ2n) is 4.77. The number of nitro groups is 1. The minimum Gasteiger partial charge on any atom is -0.258 e. The molecule has 0 spiro atoms. The zero-order chi connectivity index (χ0) is 13.1. The third-order valence-corrected chi connectivity index (χ3v) is 4.13. The number of rotatable bonds is 3. The molecular weight excluding hydrogens is 257 g/mol. The van der Waals surface area contributed by atoms with E-state index in [1.54, 1.807) is 6.07 Å². The summed E-state index contributed by atoms with van der Waals surface area (Å²) in [5.74, 6) is -0.492. The fraction of sp³-hybridized carbons (Fsp3) is 0.538. The third-order valence-electron chi connectivity index (χ3n) is 3.55. The zero-order valence-corrected chi connectivity index (χ0v) is 10.7. The Bertz CT molecular complexity index is 453. The molecule has 0 saturated heterocycles. The highest BCUT2D eigenvalue weighted by Crippen LogP contribution is 2.32. The topological polar surface area (TPSA) is 43.1 Å². The van der Waals surface area contributed by atoms with Crippen LogP contribution in [0.1, 0.15) is 31.2 Å². The summed E-state index contributed by atoms with van der Waals surface area (Å²) in [6.45, 7) is 0. The molecule has 2 atom stereocenters. The molecule has 2 rings (SSSR count). The van der Waals surface area contributed by atoms with Crippen molar-refractivity contribution in [3.63, 3.8) is 0 Å². The van der Waals surface area contributed by atoms with Crippen LogP contribution in [0.15, 0.2) is 18.2 Å². The maximum absolute atomic E-state index is 13.9. The minimum atomic E-state index is -0.711. The van der Waals surface area contributed by atoms with Gasteiger partial charge in [-0.05, 0) is 30.7 Å². The average molecular weight is 272 g/mol. The normalized spacial score (nSPS) is 23.9. The van der Waals surface area contributed by atoms with E-state index in [0.29, 0.717) is 12.0 Å². The molecule has 2 unspecified atom stereocenters. The lowest BCUT2D eigenvalue weighted by Gasteiger charge is -2.27. The number of hydrogen-bond donors (Lipinski definition) is 0. The molecule has 1 aromatic rings. The van der Waals surface area contributed by atoms with Crippen LogP contribution in [0.4, 0.5) is 10.1 Å². The number of nitro benzene ring substituents is 1. The van der Waals surface area contributed by atoms with Gasteiger partial charge >= 0.3 is 5.69 Å². The van der Waals surface area contributed by atoms with Crippen LogP contribution in [0.3, 0.4) is 0 Å². The molecule has 5 heteroatoms. The summed E-state index contributed by atoms with van der Waals surface area (Å²) in [6, 6.07) is 4.33. The molecule has 0 N–H and O–H groups in total. The fourth-order valence-electron chi connectivity index (χ4n) is 2.54. The fourth-order valence-corrected chi connectivity index (χ4v) is 2.91. The van der Waals surface area contributed by atoms with Crippen molar-refractivity contribution >= 4 is 17.3 Å². The maximum atomic E-state index is 13.9. The Balaban J connectivity index is 2.18. The van der Waals surface area contributed by atoms with Crippen LogP contribution in [0.25, 0.3) is 0 Å². The minimum absolute atomic E-state index is 0.0532. The van der Waals surface area contributed by atoms with Gasteiger partial charge in [0.2, 0.25) is 5.82 Å². The molecule has 1 fully saturated rings. The van der Waals surface area contributed by atoms with Crippen LogP contribution < -0.4 is 0 Å². The van der Waals surface area contributed by atoms with Crippen molar-refractivity contribution in [2.75, 3.05) is 0 Å². The predicted octanol–water partition coefficient (Wildman–Crippen LogP) is 4.07. The maximum Gasteiger partial charge on any atom is 0.305 e. The van der Waals surface area contributed by atoms with Gasteiger partial charge in [-0.3, -0.25) is 10.1 Å². The van der Waals surface area contributed by atoms with Crippen LogP contribution in [0.5, 0.6) is 0 Å². The van der Waals surface area contributed by atoms with Crippen molar-refractivity contribution < 1.29 is 9.31 Å². The number of halogens is 2. The number of nitrogens with zero attached hydrogens (tertiary/aromatic N) is 1. The molecule has 1 aliphatic rings. The Labute approximate surface area is 110 Å².